The molecule has 1 amide bonds. The lowest BCUT2D eigenvalue weighted by Gasteiger charge is -2.26. The highest BCUT2D eigenvalue weighted by Crippen LogP contribution is 2.43. The summed E-state index contributed by atoms with van der Waals surface area (Å²) in [6, 6.07) is 25.9. The molecule has 188 valence electrons. The summed E-state index contributed by atoms with van der Waals surface area (Å²) in [5, 5.41) is 31.6. The van der Waals surface area contributed by atoms with Crippen LogP contribution in [0.2, 0.25) is 0 Å². The summed E-state index contributed by atoms with van der Waals surface area (Å²) in [6.45, 7) is 0. The molecule has 1 heterocycles. The van der Waals surface area contributed by atoms with Gasteiger partial charge in [0.15, 0.2) is 0 Å². The first-order valence-electron chi connectivity index (χ1n) is 12.0. The Hall–Kier alpha value is -4.36. The first-order valence-corrected chi connectivity index (χ1v) is 12.0. The number of amides is 1. The van der Waals surface area contributed by atoms with E-state index in [4.69, 9.17) is 4.74 Å². The van der Waals surface area contributed by atoms with Crippen molar-refractivity contribution in [1.29, 1.82) is 0 Å². The highest BCUT2D eigenvalue weighted by Gasteiger charge is 2.44. The Bertz CT molecular complexity index is 1390. The Morgan fingerprint density at radius 2 is 1.59 bits per heavy atom. The largest absolute Gasteiger partial charge is 0.508 e. The number of aromatic hydroxyl groups is 2. The monoisotopic (exact) mass is 499 g/mol. The number of phenolic OH excluding ortho intramolecular Hbond substituents is 2. The van der Waals surface area contributed by atoms with Crippen molar-refractivity contribution < 1.29 is 29.2 Å². The fourth-order valence-corrected chi connectivity index (χ4v) is 4.77. The van der Waals surface area contributed by atoms with Crippen molar-refractivity contribution in [3.63, 3.8) is 0 Å². The van der Waals surface area contributed by atoms with Crippen LogP contribution in [-0.4, -0.2) is 27.5 Å². The molecule has 1 saturated heterocycles. The second-order valence-corrected chi connectivity index (χ2v) is 9.04. The number of nitrogens with zero attached hydrogens (tertiary/aromatic N) is 1. The Kier molecular flexibility index (Phi) is 6.79. The molecule has 0 bridgehead atoms. The lowest BCUT2D eigenvalue weighted by atomic mass is 9.92. The van der Waals surface area contributed by atoms with Gasteiger partial charge in [-0.15, -0.1) is 0 Å². The maximum absolute atomic E-state index is 13.3. The molecule has 0 radical (unpaired) electrons. The van der Waals surface area contributed by atoms with Crippen LogP contribution in [0.3, 0.4) is 0 Å². The lowest BCUT2D eigenvalue weighted by molar-refractivity contribution is 0.100. The summed E-state index contributed by atoms with van der Waals surface area (Å²) in [5.41, 5.74) is 3.13. The Labute approximate surface area is 213 Å². The minimum absolute atomic E-state index is 0.0193. The zero-order chi connectivity index (χ0) is 25.9. The average Bonchev–Trinajstić information content (AvgIpc) is 3.23. The van der Waals surface area contributed by atoms with Gasteiger partial charge in [-0.2, -0.15) is 0 Å². The summed E-state index contributed by atoms with van der Waals surface area (Å²) in [5.74, 6) is -0.288. The maximum Gasteiger partial charge on any atom is 0.415 e. The van der Waals surface area contributed by atoms with Crippen molar-refractivity contribution in [2.45, 2.75) is 31.1 Å². The molecule has 6 nitrogen and oxygen atoms in total. The van der Waals surface area contributed by atoms with Crippen LogP contribution in [0, 0.1) is 5.82 Å². The predicted octanol–water partition coefficient (Wildman–Crippen LogP) is 6.48. The minimum Gasteiger partial charge on any atom is -0.508 e. The average molecular weight is 500 g/mol. The molecule has 5 rings (SSSR count). The van der Waals surface area contributed by atoms with Crippen molar-refractivity contribution in [2.24, 2.45) is 0 Å². The zero-order valence-electron chi connectivity index (χ0n) is 19.9. The van der Waals surface area contributed by atoms with Gasteiger partial charge >= 0.3 is 6.09 Å². The number of cyclic esters (lactones) is 1. The molecule has 0 saturated carbocycles. The summed E-state index contributed by atoms with van der Waals surface area (Å²) in [4.78, 5) is 14.6. The normalized spacial score (nSPS) is 18.0. The zero-order valence-corrected chi connectivity index (χ0v) is 19.9. The standard InChI is InChI=1S/C30H26FNO5/c31-22-12-9-19(10-13-22)26(34)15-16-28-29(32(30(36)37-28)23-6-2-1-3-7-23)25-14-11-21(18-27(25)35)20-5-4-8-24(33)17-20/h1-14,17-18,26,28-29,33-35H,15-16H2/t26?,28-,29+/m1/s1. The number of hydrogen-bond acceptors (Lipinski definition) is 5. The molecular formula is C30H26FNO5. The van der Waals surface area contributed by atoms with Gasteiger partial charge in [0.05, 0.1) is 6.10 Å². The third-order valence-electron chi connectivity index (χ3n) is 6.62. The third kappa shape index (κ3) is 5.13. The number of carbonyl (C=O) groups excluding carboxylic acids is 1. The molecule has 0 aromatic heterocycles. The van der Waals surface area contributed by atoms with E-state index in [0.717, 1.165) is 5.56 Å². The van der Waals surface area contributed by atoms with Crippen LogP contribution in [0.25, 0.3) is 11.1 Å². The van der Waals surface area contributed by atoms with E-state index in [1.165, 1.54) is 29.2 Å². The van der Waals surface area contributed by atoms with Crippen LogP contribution in [0.1, 0.15) is 36.1 Å². The van der Waals surface area contributed by atoms with Crippen LogP contribution < -0.4 is 4.90 Å². The van der Waals surface area contributed by atoms with E-state index >= 15 is 0 Å². The second-order valence-electron chi connectivity index (χ2n) is 9.04. The Morgan fingerprint density at radius 3 is 2.30 bits per heavy atom. The molecule has 3 atom stereocenters. The van der Waals surface area contributed by atoms with E-state index in [1.807, 2.05) is 30.3 Å². The summed E-state index contributed by atoms with van der Waals surface area (Å²) in [7, 11) is 0. The van der Waals surface area contributed by atoms with Crippen LogP contribution >= 0.6 is 0 Å². The van der Waals surface area contributed by atoms with Crippen molar-refractivity contribution in [2.75, 3.05) is 4.90 Å². The van der Waals surface area contributed by atoms with Crippen molar-refractivity contribution >= 4 is 11.8 Å². The minimum atomic E-state index is -0.868. The van der Waals surface area contributed by atoms with Gasteiger partial charge in [-0.3, -0.25) is 4.90 Å². The molecule has 37 heavy (non-hydrogen) atoms. The van der Waals surface area contributed by atoms with Gasteiger partial charge in [-0.1, -0.05) is 54.6 Å². The predicted molar refractivity (Wildman–Crippen MR) is 138 cm³/mol. The first-order chi connectivity index (χ1) is 17.9. The van der Waals surface area contributed by atoms with Gasteiger partial charge in [0.1, 0.15) is 29.5 Å². The number of halogens is 1. The molecular weight excluding hydrogens is 473 g/mol. The number of aliphatic hydroxyl groups excluding tert-OH is 1. The molecule has 1 aliphatic rings. The number of rotatable bonds is 7. The van der Waals surface area contributed by atoms with E-state index in [-0.39, 0.29) is 23.7 Å². The van der Waals surface area contributed by atoms with Crippen LogP contribution in [-0.2, 0) is 4.74 Å². The van der Waals surface area contributed by atoms with Gasteiger partial charge in [-0.05, 0) is 72.0 Å². The first kappa shape index (κ1) is 24.3. The number of benzene rings is 4. The fourth-order valence-electron chi connectivity index (χ4n) is 4.77. The quantitative estimate of drug-likeness (QED) is 0.271. The second kappa shape index (κ2) is 10.3. The molecule has 0 aliphatic carbocycles. The fraction of sp³-hybridized carbons (Fsp3) is 0.167. The van der Waals surface area contributed by atoms with E-state index < -0.39 is 24.3 Å². The van der Waals surface area contributed by atoms with E-state index in [9.17, 15) is 24.5 Å². The molecule has 1 unspecified atom stereocenters. The Balaban J connectivity index is 1.46. The van der Waals surface area contributed by atoms with Gasteiger partial charge in [0.2, 0.25) is 0 Å². The SMILES string of the molecule is O=C1O[C@H](CCC(O)c2ccc(F)cc2)[C@H](c2ccc(-c3cccc(O)c3)cc2O)N1c1ccccc1. The topological polar surface area (TPSA) is 90.2 Å². The van der Waals surface area contributed by atoms with Crippen molar-refractivity contribution in [3.05, 3.63) is 114 Å². The highest BCUT2D eigenvalue weighted by atomic mass is 19.1. The molecule has 4 aromatic rings. The van der Waals surface area contributed by atoms with E-state index in [2.05, 4.69) is 0 Å². The number of anilines is 1. The number of ether oxygens (including phenoxy) is 1. The number of hydrogen-bond donors (Lipinski definition) is 3. The van der Waals surface area contributed by atoms with Gasteiger partial charge in [0, 0.05) is 11.3 Å². The smallest absolute Gasteiger partial charge is 0.415 e. The summed E-state index contributed by atoms with van der Waals surface area (Å²) in [6.07, 6.45) is -1.49. The number of para-hydroxylation sites is 1. The van der Waals surface area contributed by atoms with Crippen LogP contribution in [0.5, 0.6) is 11.5 Å². The third-order valence-corrected chi connectivity index (χ3v) is 6.62. The molecule has 7 heteroatoms. The summed E-state index contributed by atoms with van der Waals surface area (Å²) < 4.78 is 19.0. The van der Waals surface area contributed by atoms with Crippen LogP contribution in [0.4, 0.5) is 14.9 Å². The van der Waals surface area contributed by atoms with E-state index in [1.54, 1.807) is 42.5 Å². The van der Waals surface area contributed by atoms with Crippen molar-refractivity contribution in [1.82, 2.24) is 0 Å². The summed E-state index contributed by atoms with van der Waals surface area (Å²) >= 11 is 0. The van der Waals surface area contributed by atoms with Gasteiger partial charge in [-0.25, -0.2) is 9.18 Å². The van der Waals surface area contributed by atoms with E-state index in [0.29, 0.717) is 28.8 Å². The molecule has 1 aliphatic heterocycles. The van der Waals surface area contributed by atoms with Gasteiger partial charge < -0.3 is 20.1 Å². The molecule has 1 fully saturated rings. The van der Waals surface area contributed by atoms with Crippen molar-refractivity contribution in [3.8, 4) is 22.6 Å². The number of aliphatic hydroxyl groups is 1. The van der Waals surface area contributed by atoms with Crippen LogP contribution in [0.15, 0.2) is 97.1 Å². The molecule has 4 aromatic carbocycles. The maximum atomic E-state index is 13.3. The lowest BCUT2D eigenvalue weighted by Crippen LogP contribution is -2.29. The number of carbonyl (C=O) groups is 1. The number of phenols is 2. The van der Waals surface area contributed by atoms with Gasteiger partial charge in [0.25, 0.3) is 0 Å². The highest BCUT2D eigenvalue weighted by molar-refractivity contribution is 5.91. The Morgan fingerprint density at radius 1 is 0.865 bits per heavy atom. The molecule has 3 N–H and O–H groups in total. The molecule has 0 spiro atoms.